The van der Waals surface area contributed by atoms with Crippen molar-refractivity contribution >= 4 is 21.6 Å². The summed E-state index contributed by atoms with van der Waals surface area (Å²) in [6.45, 7) is 0.456. The van der Waals surface area contributed by atoms with Gasteiger partial charge in [-0.25, -0.2) is 8.42 Å². The number of sulfonamides is 1. The fourth-order valence-electron chi connectivity index (χ4n) is 3.34. The van der Waals surface area contributed by atoms with E-state index >= 15 is 0 Å². The maximum absolute atomic E-state index is 12.8. The van der Waals surface area contributed by atoms with Gasteiger partial charge in [-0.1, -0.05) is 0 Å². The molecule has 2 aromatic carbocycles. The molecular formula is C20H23N3O7S. The quantitative estimate of drug-likeness (QED) is 0.507. The molecule has 1 heterocycles. The predicted octanol–water partition coefficient (Wildman–Crippen LogP) is 2.20. The first kappa shape index (κ1) is 22.5. The van der Waals surface area contributed by atoms with Crippen molar-refractivity contribution in [1.82, 2.24) is 9.62 Å². The number of nitrogens with zero attached hydrogens (tertiary/aromatic N) is 2. The SMILES string of the molecule is COc1cc(OC)cc(C(=O)NC2CCN(S(=O)(=O)c3ccc([N+](=O)[O-])cc3)CC2)c1. The van der Waals surface area contributed by atoms with E-state index in [0.29, 0.717) is 29.9 Å². The van der Waals surface area contributed by atoms with Crippen LogP contribution in [0.3, 0.4) is 0 Å². The van der Waals surface area contributed by atoms with E-state index < -0.39 is 14.9 Å². The second-order valence-electron chi connectivity index (χ2n) is 7.00. The van der Waals surface area contributed by atoms with Crippen molar-refractivity contribution in [3.05, 3.63) is 58.1 Å². The standard InChI is InChI=1S/C20H23N3O7S/c1-29-17-11-14(12-18(13-17)30-2)20(24)21-15-7-9-22(10-8-15)31(27,28)19-5-3-16(4-6-19)23(25)26/h3-6,11-13,15H,7-10H2,1-2H3,(H,21,24). The molecule has 0 saturated carbocycles. The molecule has 0 aliphatic carbocycles. The first-order valence-corrected chi connectivity index (χ1v) is 11.0. The lowest BCUT2D eigenvalue weighted by Crippen LogP contribution is -2.46. The normalized spacial score (nSPS) is 15.3. The van der Waals surface area contributed by atoms with Gasteiger partial charge in [-0.05, 0) is 37.1 Å². The van der Waals surface area contributed by atoms with Crippen molar-refractivity contribution in [1.29, 1.82) is 0 Å². The van der Waals surface area contributed by atoms with Gasteiger partial charge in [0, 0.05) is 42.9 Å². The molecule has 0 unspecified atom stereocenters. The number of methoxy groups -OCH3 is 2. The number of carbonyl (C=O) groups is 1. The molecule has 1 aliphatic rings. The van der Waals surface area contributed by atoms with Crippen LogP contribution in [0.5, 0.6) is 11.5 Å². The lowest BCUT2D eigenvalue weighted by molar-refractivity contribution is -0.384. The average molecular weight is 449 g/mol. The molecule has 10 nitrogen and oxygen atoms in total. The minimum absolute atomic E-state index is 0.00376. The average Bonchev–Trinajstić information content (AvgIpc) is 2.79. The minimum atomic E-state index is -3.76. The number of benzene rings is 2. The molecular weight excluding hydrogens is 426 g/mol. The molecule has 1 amide bonds. The number of nitrogens with one attached hydrogen (secondary N) is 1. The molecule has 0 radical (unpaired) electrons. The molecule has 0 atom stereocenters. The van der Waals surface area contributed by atoms with Crippen LogP contribution >= 0.6 is 0 Å². The van der Waals surface area contributed by atoms with E-state index in [1.165, 1.54) is 42.8 Å². The highest BCUT2D eigenvalue weighted by Crippen LogP contribution is 2.25. The number of ether oxygens (including phenoxy) is 2. The van der Waals surface area contributed by atoms with Gasteiger partial charge in [-0.2, -0.15) is 4.31 Å². The third-order valence-electron chi connectivity index (χ3n) is 5.09. The van der Waals surface area contributed by atoms with Crippen molar-refractivity contribution in [3.8, 4) is 11.5 Å². The second kappa shape index (κ2) is 9.31. The number of carbonyl (C=O) groups excluding carboxylic acids is 1. The van der Waals surface area contributed by atoms with Crippen LogP contribution in [0.1, 0.15) is 23.2 Å². The Bertz CT molecular complexity index is 1040. The van der Waals surface area contributed by atoms with Gasteiger partial charge in [0.2, 0.25) is 10.0 Å². The van der Waals surface area contributed by atoms with E-state index in [4.69, 9.17) is 9.47 Å². The Balaban J connectivity index is 1.62. The van der Waals surface area contributed by atoms with Gasteiger partial charge >= 0.3 is 0 Å². The maximum atomic E-state index is 12.8. The zero-order chi connectivity index (χ0) is 22.6. The van der Waals surface area contributed by atoms with Crippen LogP contribution < -0.4 is 14.8 Å². The van der Waals surface area contributed by atoms with Gasteiger partial charge in [-0.3, -0.25) is 14.9 Å². The molecule has 1 N–H and O–H groups in total. The number of amides is 1. The van der Waals surface area contributed by atoms with Crippen LogP contribution in [0.4, 0.5) is 5.69 Å². The number of hydrogen-bond donors (Lipinski definition) is 1. The van der Waals surface area contributed by atoms with E-state index in [1.54, 1.807) is 18.2 Å². The summed E-state index contributed by atoms with van der Waals surface area (Å²) in [4.78, 5) is 22.8. The number of rotatable bonds is 7. The zero-order valence-corrected chi connectivity index (χ0v) is 17.9. The molecule has 0 spiro atoms. The predicted molar refractivity (Wildman–Crippen MR) is 112 cm³/mol. The Morgan fingerprint density at radius 2 is 1.61 bits per heavy atom. The van der Waals surface area contributed by atoms with Gasteiger partial charge in [0.25, 0.3) is 11.6 Å². The topological polar surface area (TPSA) is 128 Å². The molecule has 1 saturated heterocycles. The zero-order valence-electron chi connectivity index (χ0n) is 17.1. The fraction of sp³-hybridized carbons (Fsp3) is 0.350. The summed E-state index contributed by atoms with van der Waals surface area (Å²) in [5, 5.41) is 13.7. The Labute approximate surface area is 180 Å². The Hall–Kier alpha value is -3.18. The summed E-state index contributed by atoms with van der Waals surface area (Å²) in [6.07, 6.45) is 0.887. The number of nitro benzene ring substituents is 1. The van der Waals surface area contributed by atoms with Crippen LogP contribution in [0, 0.1) is 10.1 Å². The summed E-state index contributed by atoms with van der Waals surface area (Å²) in [7, 11) is -0.766. The number of non-ortho nitro benzene ring substituents is 1. The van der Waals surface area contributed by atoms with Crippen LogP contribution in [-0.4, -0.2) is 56.9 Å². The lowest BCUT2D eigenvalue weighted by Gasteiger charge is -2.31. The monoisotopic (exact) mass is 449 g/mol. The first-order valence-electron chi connectivity index (χ1n) is 9.53. The molecule has 1 aliphatic heterocycles. The van der Waals surface area contributed by atoms with E-state index in [2.05, 4.69) is 5.32 Å². The number of hydrogen-bond acceptors (Lipinski definition) is 7. The molecule has 0 aromatic heterocycles. The molecule has 2 aromatic rings. The highest BCUT2D eigenvalue weighted by Gasteiger charge is 2.30. The Morgan fingerprint density at radius 3 is 2.10 bits per heavy atom. The highest BCUT2D eigenvalue weighted by atomic mass is 32.2. The number of nitro groups is 1. The molecule has 0 bridgehead atoms. The van der Waals surface area contributed by atoms with Crippen LogP contribution in [0.25, 0.3) is 0 Å². The summed E-state index contributed by atoms with van der Waals surface area (Å²) in [5.74, 6) is 0.691. The van der Waals surface area contributed by atoms with Gasteiger partial charge in [-0.15, -0.1) is 0 Å². The summed E-state index contributed by atoms with van der Waals surface area (Å²) >= 11 is 0. The lowest BCUT2D eigenvalue weighted by atomic mass is 10.1. The van der Waals surface area contributed by atoms with Crippen LogP contribution in [-0.2, 0) is 10.0 Å². The molecule has 166 valence electrons. The third-order valence-corrected chi connectivity index (χ3v) is 7.00. The van der Waals surface area contributed by atoms with Crippen molar-refractivity contribution in [2.45, 2.75) is 23.8 Å². The van der Waals surface area contributed by atoms with Gasteiger partial charge in [0.05, 0.1) is 24.0 Å². The second-order valence-corrected chi connectivity index (χ2v) is 8.94. The molecule has 31 heavy (non-hydrogen) atoms. The molecule has 11 heteroatoms. The van der Waals surface area contributed by atoms with Crippen LogP contribution in [0.15, 0.2) is 47.4 Å². The molecule has 1 fully saturated rings. The Kier molecular flexibility index (Phi) is 6.76. The van der Waals surface area contributed by atoms with E-state index in [9.17, 15) is 23.3 Å². The highest BCUT2D eigenvalue weighted by molar-refractivity contribution is 7.89. The van der Waals surface area contributed by atoms with E-state index in [-0.39, 0.29) is 35.6 Å². The third kappa shape index (κ3) is 5.12. The fourth-order valence-corrected chi connectivity index (χ4v) is 4.81. The summed E-state index contributed by atoms with van der Waals surface area (Å²) < 4.78 is 37.3. The first-order chi connectivity index (χ1) is 14.7. The van der Waals surface area contributed by atoms with Crippen molar-refractivity contribution < 1.29 is 27.6 Å². The Morgan fingerprint density at radius 1 is 1.06 bits per heavy atom. The number of piperidine rings is 1. The molecule has 3 rings (SSSR count). The van der Waals surface area contributed by atoms with E-state index in [1.807, 2.05) is 0 Å². The largest absolute Gasteiger partial charge is 0.497 e. The van der Waals surface area contributed by atoms with Gasteiger partial charge in [0.1, 0.15) is 11.5 Å². The summed E-state index contributed by atoms with van der Waals surface area (Å²) in [5.41, 5.74) is 0.215. The van der Waals surface area contributed by atoms with Crippen molar-refractivity contribution in [2.24, 2.45) is 0 Å². The summed E-state index contributed by atoms with van der Waals surface area (Å²) in [6, 6.07) is 9.49. The smallest absolute Gasteiger partial charge is 0.269 e. The van der Waals surface area contributed by atoms with Gasteiger partial charge in [0.15, 0.2) is 0 Å². The minimum Gasteiger partial charge on any atom is -0.497 e. The van der Waals surface area contributed by atoms with Crippen molar-refractivity contribution in [3.63, 3.8) is 0 Å². The van der Waals surface area contributed by atoms with Crippen molar-refractivity contribution in [2.75, 3.05) is 27.3 Å². The van der Waals surface area contributed by atoms with Gasteiger partial charge < -0.3 is 14.8 Å². The van der Waals surface area contributed by atoms with E-state index in [0.717, 1.165) is 0 Å². The maximum Gasteiger partial charge on any atom is 0.269 e. The van der Waals surface area contributed by atoms with Crippen LogP contribution in [0.2, 0.25) is 0 Å².